The highest BCUT2D eigenvalue weighted by Crippen LogP contribution is 2.28. The Morgan fingerprint density at radius 3 is 3.07 bits per heavy atom. The van der Waals surface area contributed by atoms with Crippen molar-refractivity contribution >= 4 is 22.3 Å². The maximum Gasteiger partial charge on any atom is 0.221 e. The van der Waals surface area contributed by atoms with Crippen LogP contribution < -0.4 is 10.1 Å². The molecule has 1 unspecified atom stereocenters. The van der Waals surface area contributed by atoms with E-state index in [-0.39, 0.29) is 0 Å². The Labute approximate surface area is 157 Å². The van der Waals surface area contributed by atoms with E-state index in [2.05, 4.69) is 32.4 Å². The van der Waals surface area contributed by atoms with Crippen molar-refractivity contribution in [2.24, 2.45) is 10.9 Å². The first-order valence-corrected chi connectivity index (χ1v) is 9.22. The fraction of sp³-hybridized carbons (Fsp3) is 0.286. The molecule has 1 saturated heterocycles. The summed E-state index contributed by atoms with van der Waals surface area (Å²) in [5, 5.41) is 5.48. The van der Waals surface area contributed by atoms with Gasteiger partial charge in [0.1, 0.15) is 5.69 Å². The minimum absolute atomic E-state index is 0.455. The van der Waals surface area contributed by atoms with E-state index in [1.165, 1.54) is 0 Å². The molecule has 1 atom stereocenters. The molecule has 5 rings (SSSR count). The molecule has 0 saturated carbocycles. The van der Waals surface area contributed by atoms with Gasteiger partial charge in [-0.3, -0.25) is 9.98 Å². The lowest BCUT2D eigenvalue weighted by Crippen LogP contribution is -2.13. The first-order valence-electron chi connectivity index (χ1n) is 9.22. The second-order valence-corrected chi connectivity index (χ2v) is 6.89. The number of hydrogen-bond acceptors (Lipinski definition) is 6. The summed E-state index contributed by atoms with van der Waals surface area (Å²) in [6, 6.07) is 12.2. The Morgan fingerprint density at radius 2 is 2.15 bits per heavy atom. The second-order valence-electron chi connectivity index (χ2n) is 6.89. The topological polar surface area (TPSA) is 68.6 Å². The molecule has 4 heterocycles. The van der Waals surface area contributed by atoms with Crippen LogP contribution in [0.5, 0.6) is 5.88 Å². The second kappa shape index (κ2) is 6.96. The van der Waals surface area contributed by atoms with Gasteiger partial charge in [0.05, 0.1) is 19.8 Å². The van der Waals surface area contributed by atoms with E-state index >= 15 is 0 Å². The Balaban J connectivity index is 1.36. The summed E-state index contributed by atoms with van der Waals surface area (Å²) in [6.45, 7) is 2.92. The number of amidine groups is 1. The first kappa shape index (κ1) is 16.2. The Kier molecular flexibility index (Phi) is 4.18. The van der Waals surface area contributed by atoms with Crippen LogP contribution in [-0.2, 0) is 11.3 Å². The summed E-state index contributed by atoms with van der Waals surface area (Å²) >= 11 is 0. The third-order valence-corrected chi connectivity index (χ3v) is 4.99. The molecule has 0 amide bonds. The molecule has 6 heteroatoms. The Morgan fingerprint density at radius 1 is 1.15 bits per heavy atom. The number of rotatable bonds is 4. The highest BCUT2D eigenvalue weighted by atomic mass is 16.5. The van der Waals surface area contributed by atoms with E-state index in [9.17, 15) is 0 Å². The van der Waals surface area contributed by atoms with E-state index in [0.717, 1.165) is 53.2 Å². The van der Waals surface area contributed by atoms with Crippen LogP contribution in [0.1, 0.15) is 17.7 Å². The summed E-state index contributed by atoms with van der Waals surface area (Å²) < 4.78 is 11.4. The zero-order valence-corrected chi connectivity index (χ0v) is 14.9. The van der Waals surface area contributed by atoms with Crippen molar-refractivity contribution in [1.82, 2.24) is 9.97 Å². The maximum atomic E-state index is 5.98. The molecule has 2 aliphatic heterocycles. The van der Waals surface area contributed by atoms with Crippen molar-refractivity contribution in [1.29, 1.82) is 0 Å². The van der Waals surface area contributed by atoms with Crippen LogP contribution in [0.25, 0.3) is 10.8 Å². The summed E-state index contributed by atoms with van der Waals surface area (Å²) in [5.41, 5.74) is 3.05. The molecular formula is C21H20N4O2. The zero-order chi connectivity index (χ0) is 18.1. The van der Waals surface area contributed by atoms with Crippen molar-refractivity contribution in [2.45, 2.75) is 13.0 Å². The van der Waals surface area contributed by atoms with Crippen molar-refractivity contribution < 1.29 is 9.47 Å². The van der Waals surface area contributed by atoms with Gasteiger partial charge in [-0.15, -0.1) is 0 Å². The minimum atomic E-state index is 0.455. The Bertz CT molecular complexity index is 1010. The largest absolute Gasteiger partial charge is 0.477 e. The number of pyridine rings is 2. The predicted octanol–water partition coefficient (Wildman–Crippen LogP) is 3.42. The third kappa shape index (κ3) is 3.24. The van der Waals surface area contributed by atoms with Crippen LogP contribution >= 0.6 is 0 Å². The predicted molar refractivity (Wildman–Crippen MR) is 104 cm³/mol. The standard InChI is InChI=1S/C21H20N4O2/c1-2-16-11-24-20(19(16)22-7-1)25-17-3-4-18-15(10-17)5-8-23-21(18)27-13-14-6-9-26-12-14/h1-5,7-8,10,14H,6,9,11-13H2,(H,24,25). The molecule has 0 aliphatic carbocycles. The summed E-state index contributed by atoms with van der Waals surface area (Å²) in [5.74, 6) is 1.95. The molecule has 0 radical (unpaired) electrons. The van der Waals surface area contributed by atoms with Gasteiger partial charge in [-0.2, -0.15) is 0 Å². The molecule has 136 valence electrons. The van der Waals surface area contributed by atoms with Crippen LogP contribution in [0.2, 0.25) is 0 Å². The minimum Gasteiger partial charge on any atom is -0.477 e. The molecule has 2 aromatic heterocycles. The number of nitrogens with zero attached hydrogens (tertiary/aromatic N) is 3. The average molecular weight is 360 g/mol. The number of aliphatic imine (C=N–C) groups is 1. The number of nitrogens with one attached hydrogen (secondary N) is 1. The quantitative estimate of drug-likeness (QED) is 0.772. The number of anilines is 1. The van der Waals surface area contributed by atoms with Gasteiger partial charge in [-0.1, -0.05) is 6.07 Å². The first-order chi connectivity index (χ1) is 13.4. The monoisotopic (exact) mass is 360 g/mol. The Hall–Kier alpha value is -2.99. The SMILES string of the molecule is c1cnc2c(c1)CN=C2Nc1ccc2c(OCC3CCOC3)nccc2c1. The normalized spacial score (nSPS) is 18.4. The molecule has 1 aromatic carbocycles. The molecule has 27 heavy (non-hydrogen) atoms. The van der Waals surface area contributed by atoms with Crippen molar-refractivity contribution in [3.8, 4) is 5.88 Å². The molecule has 0 bridgehead atoms. The van der Waals surface area contributed by atoms with Gasteiger partial charge in [0.15, 0.2) is 5.84 Å². The zero-order valence-electron chi connectivity index (χ0n) is 14.9. The fourth-order valence-corrected chi connectivity index (χ4v) is 3.51. The van der Waals surface area contributed by atoms with Gasteiger partial charge < -0.3 is 14.8 Å². The summed E-state index contributed by atoms with van der Waals surface area (Å²) in [6.07, 6.45) is 4.64. The maximum absolute atomic E-state index is 5.98. The number of hydrogen-bond donors (Lipinski definition) is 1. The lowest BCUT2D eigenvalue weighted by molar-refractivity contribution is 0.166. The van der Waals surface area contributed by atoms with Gasteiger partial charge >= 0.3 is 0 Å². The lowest BCUT2D eigenvalue weighted by Gasteiger charge is -2.12. The molecule has 3 aromatic rings. The smallest absolute Gasteiger partial charge is 0.221 e. The van der Waals surface area contributed by atoms with E-state index in [1.54, 1.807) is 12.4 Å². The number of benzene rings is 1. The molecule has 1 fully saturated rings. The van der Waals surface area contributed by atoms with Crippen molar-refractivity contribution in [2.75, 3.05) is 25.1 Å². The van der Waals surface area contributed by atoms with Crippen molar-refractivity contribution in [3.05, 3.63) is 60.0 Å². The van der Waals surface area contributed by atoms with Crippen LogP contribution in [-0.4, -0.2) is 35.6 Å². The van der Waals surface area contributed by atoms with Gasteiger partial charge in [-0.05, 0) is 42.1 Å². The van der Waals surface area contributed by atoms with Crippen LogP contribution in [0.15, 0.2) is 53.8 Å². The van der Waals surface area contributed by atoms with Crippen LogP contribution in [0.4, 0.5) is 5.69 Å². The van der Waals surface area contributed by atoms with E-state index in [0.29, 0.717) is 24.9 Å². The van der Waals surface area contributed by atoms with E-state index in [1.807, 2.05) is 24.3 Å². The molecule has 0 spiro atoms. The fourth-order valence-electron chi connectivity index (χ4n) is 3.51. The molecule has 2 aliphatic rings. The number of ether oxygens (including phenoxy) is 2. The third-order valence-electron chi connectivity index (χ3n) is 4.99. The van der Waals surface area contributed by atoms with E-state index in [4.69, 9.17) is 9.47 Å². The van der Waals surface area contributed by atoms with Gasteiger partial charge in [0.2, 0.25) is 5.88 Å². The number of fused-ring (bicyclic) bond motifs is 2. The molecule has 6 nitrogen and oxygen atoms in total. The summed E-state index contributed by atoms with van der Waals surface area (Å²) in [7, 11) is 0. The van der Waals surface area contributed by atoms with Crippen LogP contribution in [0, 0.1) is 5.92 Å². The van der Waals surface area contributed by atoms with Gasteiger partial charge in [0.25, 0.3) is 0 Å². The molecule has 1 N–H and O–H groups in total. The highest BCUT2D eigenvalue weighted by Gasteiger charge is 2.18. The highest BCUT2D eigenvalue weighted by molar-refractivity contribution is 6.10. The van der Waals surface area contributed by atoms with Gasteiger partial charge in [0, 0.05) is 41.6 Å². The van der Waals surface area contributed by atoms with Crippen molar-refractivity contribution in [3.63, 3.8) is 0 Å². The molecular weight excluding hydrogens is 340 g/mol. The lowest BCUT2D eigenvalue weighted by atomic mass is 10.1. The van der Waals surface area contributed by atoms with Gasteiger partial charge in [-0.25, -0.2) is 4.98 Å². The summed E-state index contributed by atoms with van der Waals surface area (Å²) in [4.78, 5) is 13.4. The van der Waals surface area contributed by atoms with E-state index < -0.39 is 0 Å². The number of aromatic nitrogens is 2. The average Bonchev–Trinajstić information content (AvgIpc) is 3.36. The van der Waals surface area contributed by atoms with Crippen LogP contribution in [0.3, 0.4) is 0 Å².